The Labute approximate surface area is 151 Å². The van der Waals surface area contributed by atoms with Crippen molar-refractivity contribution in [3.63, 3.8) is 0 Å². The van der Waals surface area contributed by atoms with Crippen molar-refractivity contribution in [2.75, 3.05) is 42.3 Å². The Morgan fingerprint density at radius 1 is 1.12 bits per heavy atom. The van der Waals surface area contributed by atoms with Crippen molar-refractivity contribution in [3.05, 3.63) is 41.9 Å². The van der Waals surface area contributed by atoms with Gasteiger partial charge in [-0.15, -0.1) is 0 Å². The highest BCUT2D eigenvalue weighted by Crippen LogP contribution is 2.24. The molecule has 1 fully saturated rings. The minimum absolute atomic E-state index is 0.483. The number of aryl methyl sites for hydroxylation is 2. The Kier molecular flexibility index (Phi) is 5.41. The van der Waals surface area contributed by atoms with Gasteiger partial charge < -0.3 is 15.1 Å². The number of benzene rings is 1. The highest BCUT2D eigenvalue weighted by molar-refractivity contribution is 5.56. The molecule has 1 aromatic carbocycles. The van der Waals surface area contributed by atoms with Gasteiger partial charge in [0, 0.05) is 56.4 Å². The predicted octanol–water partition coefficient (Wildman–Crippen LogP) is 3.49. The standard InChI is InChI=1S/C20H29N5/c1-5-16-14-20(22-15(2)21-16)23-17-10-12-25(13-11-17)19-8-6-18(7-9-19)24(3)4/h6-9,14,17H,5,10-13H2,1-4H3,(H,21,22,23). The average molecular weight is 339 g/mol. The number of aromatic nitrogens is 2. The fourth-order valence-corrected chi connectivity index (χ4v) is 3.34. The first-order valence-corrected chi connectivity index (χ1v) is 9.18. The molecule has 0 atom stereocenters. The van der Waals surface area contributed by atoms with E-state index in [9.17, 15) is 0 Å². The number of piperidine rings is 1. The Morgan fingerprint density at radius 3 is 2.40 bits per heavy atom. The number of nitrogens with one attached hydrogen (secondary N) is 1. The smallest absolute Gasteiger partial charge is 0.130 e. The molecular formula is C20H29N5. The van der Waals surface area contributed by atoms with Crippen LogP contribution in [0.5, 0.6) is 0 Å². The molecule has 0 amide bonds. The second-order valence-corrected chi connectivity index (χ2v) is 6.96. The Bertz CT molecular complexity index is 688. The molecule has 5 nitrogen and oxygen atoms in total. The zero-order valence-corrected chi connectivity index (χ0v) is 15.8. The van der Waals surface area contributed by atoms with Gasteiger partial charge >= 0.3 is 0 Å². The van der Waals surface area contributed by atoms with Crippen LogP contribution in [0.4, 0.5) is 17.2 Å². The number of nitrogens with zero attached hydrogens (tertiary/aromatic N) is 4. The zero-order chi connectivity index (χ0) is 17.8. The van der Waals surface area contributed by atoms with Crippen molar-refractivity contribution >= 4 is 17.2 Å². The van der Waals surface area contributed by atoms with Crippen LogP contribution in [0, 0.1) is 6.92 Å². The fourth-order valence-electron chi connectivity index (χ4n) is 3.34. The third-order valence-corrected chi connectivity index (χ3v) is 4.83. The van der Waals surface area contributed by atoms with Gasteiger partial charge in [-0.2, -0.15) is 0 Å². The second kappa shape index (κ2) is 7.72. The summed E-state index contributed by atoms with van der Waals surface area (Å²) in [4.78, 5) is 13.6. The quantitative estimate of drug-likeness (QED) is 0.903. The summed E-state index contributed by atoms with van der Waals surface area (Å²) >= 11 is 0. The maximum atomic E-state index is 4.54. The highest BCUT2D eigenvalue weighted by atomic mass is 15.2. The predicted molar refractivity (Wildman–Crippen MR) is 106 cm³/mol. The van der Waals surface area contributed by atoms with Gasteiger partial charge in [0.05, 0.1) is 0 Å². The summed E-state index contributed by atoms with van der Waals surface area (Å²) in [6.45, 7) is 6.24. The van der Waals surface area contributed by atoms with Gasteiger partial charge in [0.1, 0.15) is 11.6 Å². The summed E-state index contributed by atoms with van der Waals surface area (Å²) in [5.74, 6) is 1.82. The minimum atomic E-state index is 0.483. The molecule has 0 aliphatic carbocycles. The van der Waals surface area contributed by atoms with Gasteiger partial charge in [-0.25, -0.2) is 9.97 Å². The molecule has 0 spiro atoms. The Hall–Kier alpha value is -2.30. The third kappa shape index (κ3) is 4.41. The van der Waals surface area contributed by atoms with Crippen LogP contribution in [0.2, 0.25) is 0 Å². The maximum Gasteiger partial charge on any atom is 0.130 e. The lowest BCUT2D eigenvalue weighted by Gasteiger charge is -2.34. The van der Waals surface area contributed by atoms with E-state index in [1.807, 2.05) is 6.92 Å². The fraction of sp³-hybridized carbons (Fsp3) is 0.500. The van der Waals surface area contributed by atoms with E-state index in [1.165, 1.54) is 11.4 Å². The summed E-state index contributed by atoms with van der Waals surface area (Å²) in [5, 5.41) is 3.61. The van der Waals surface area contributed by atoms with E-state index in [1.54, 1.807) is 0 Å². The van der Waals surface area contributed by atoms with Gasteiger partial charge in [-0.3, -0.25) is 0 Å². The van der Waals surface area contributed by atoms with E-state index in [0.717, 1.165) is 49.7 Å². The Balaban J connectivity index is 1.57. The summed E-state index contributed by atoms with van der Waals surface area (Å²) in [6.07, 6.45) is 3.19. The van der Waals surface area contributed by atoms with Gasteiger partial charge in [0.2, 0.25) is 0 Å². The lowest BCUT2D eigenvalue weighted by molar-refractivity contribution is 0.525. The molecule has 2 aromatic rings. The molecular weight excluding hydrogens is 310 g/mol. The molecule has 3 rings (SSSR count). The molecule has 0 bridgehead atoms. The monoisotopic (exact) mass is 339 g/mol. The number of rotatable bonds is 5. The Morgan fingerprint density at radius 2 is 1.80 bits per heavy atom. The van der Waals surface area contributed by atoms with Crippen molar-refractivity contribution in [3.8, 4) is 0 Å². The topological polar surface area (TPSA) is 44.3 Å². The molecule has 1 aliphatic rings. The second-order valence-electron chi connectivity index (χ2n) is 6.96. The van der Waals surface area contributed by atoms with Crippen molar-refractivity contribution in [2.24, 2.45) is 0 Å². The molecule has 0 radical (unpaired) electrons. The number of hydrogen-bond acceptors (Lipinski definition) is 5. The van der Waals surface area contributed by atoms with E-state index in [-0.39, 0.29) is 0 Å². The normalized spacial score (nSPS) is 15.3. The van der Waals surface area contributed by atoms with E-state index in [2.05, 4.69) is 76.4 Å². The van der Waals surface area contributed by atoms with E-state index in [0.29, 0.717) is 6.04 Å². The van der Waals surface area contributed by atoms with Crippen LogP contribution in [-0.2, 0) is 6.42 Å². The summed E-state index contributed by atoms with van der Waals surface area (Å²) in [7, 11) is 4.15. The molecule has 2 heterocycles. The molecule has 1 aromatic heterocycles. The lowest BCUT2D eigenvalue weighted by Crippen LogP contribution is -2.39. The average Bonchev–Trinajstić information content (AvgIpc) is 2.62. The first-order chi connectivity index (χ1) is 12.0. The van der Waals surface area contributed by atoms with Gasteiger partial charge in [0.25, 0.3) is 0 Å². The number of anilines is 3. The highest BCUT2D eigenvalue weighted by Gasteiger charge is 2.20. The van der Waals surface area contributed by atoms with E-state index in [4.69, 9.17) is 0 Å². The summed E-state index contributed by atoms with van der Waals surface area (Å²) in [5.41, 5.74) is 3.66. The third-order valence-electron chi connectivity index (χ3n) is 4.83. The van der Waals surface area contributed by atoms with Gasteiger partial charge in [-0.1, -0.05) is 6.92 Å². The van der Waals surface area contributed by atoms with Crippen LogP contribution in [0.15, 0.2) is 30.3 Å². The van der Waals surface area contributed by atoms with E-state index < -0.39 is 0 Å². The van der Waals surface area contributed by atoms with Crippen LogP contribution >= 0.6 is 0 Å². The lowest BCUT2D eigenvalue weighted by atomic mass is 10.0. The molecule has 0 unspecified atom stereocenters. The summed E-state index contributed by atoms with van der Waals surface area (Å²) in [6, 6.07) is 11.4. The minimum Gasteiger partial charge on any atom is -0.378 e. The van der Waals surface area contributed by atoms with Crippen LogP contribution < -0.4 is 15.1 Å². The molecule has 1 aliphatic heterocycles. The molecule has 25 heavy (non-hydrogen) atoms. The molecule has 1 saturated heterocycles. The molecule has 1 N–H and O–H groups in total. The van der Waals surface area contributed by atoms with E-state index >= 15 is 0 Å². The first kappa shape index (κ1) is 17.5. The zero-order valence-electron chi connectivity index (χ0n) is 15.8. The summed E-state index contributed by atoms with van der Waals surface area (Å²) < 4.78 is 0. The van der Waals surface area contributed by atoms with Crippen LogP contribution in [0.25, 0.3) is 0 Å². The van der Waals surface area contributed by atoms with Crippen LogP contribution in [0.1, 0.15) is 31.3 Å². The first-order valence-electron chi connectivity index (χ1n) is 9.18. The molecule has 5 heteroatoms. The van der Waals surface area contributed by atoms with Crippen LogP contribution in [0.3, 0.4) is 0 Å². The molecule has 0 saturated carbocycles. The van der Waals surface area contributed by atoms with Crippen molar-refractivity contribution in [1.29, 1.82) is 0 Å². The van der Waals surface area contributed by atoms with Gasteiger partial charge in [0.15, 0.2) is 0 Å². The SMILES string of the molecule is CCc1cc(NC2CCN(c3ccc(N(C)C)cc3)CC2)nc(C)n1. The van der Waals surface area contributed by atoms with Crippen molar-refractivity contribution in [1.82, 2.24) is 9.97 Å². The maximum absolute atomic E-state index is 4.54. The van der Waals surface area contributed by atoms with Gasteiger partial charge in [-0.05, 0) is 50.5 Å². The molecule has 134 valence electrons. The number of hydrogen-bond donors (Lipinski definition) is 1. The van der Waals surface area contributed by atoms with Crippen LogP contribution in [-0.4, -0.2) is 43.2 Å². The largest absolute Gasteiger partial charge is 0.378 e. The van der Waals surface area contributed by atoms with Crippen molar-refractivity contribution < 1.29 is 0 Å². The van der Waals surface area contributed by atoms with Crippen molar-refractivity contribution in [2.45, 2.75) is 39.2 Å².